The van der Waals surface area contributed by atoms with E-state index in [4.69, 9.17) is 0 Å². The number of carbonyl (C=O) groups is 4. The van der Waals surface area contributed by atoms with E-state index in [1.54, 1.807) is 39.8 Å². The van der Waals surface area contributed by atoms with E-state index < -0.39 is 74.5 Å². The van der Waals surface area contributed by atoms with Crippen molar-refractivity contribution < 1.29 is 39.6 Å². The summed E-state index contributed by atoms with van der Waals surface area (Å²) in [6.45, 7) is 9.84. The van der Waals surface area contributed by atoms with E-state index in [2.05, 4.69) is 0 Å². The van der Waals surface area contributed by atoms with Gasteiger partial charge in [0.1, 0.15) is 28.6 Å². The van der Waals surface area contributed by atoms with Crippen LogP contribution in [0.2, 0.25) is 0 Å². The molecule has 0 aliphatic heterocycles. The summed E-state index contributed by atoms with van der Waals surface area (Å²) in [6, 6.07) is 4.79. The Balaban J connectivity index is 1.81. The average Bonchev–Trinajstić information content (AvgIpc) is 3.45. The summed E-state index contributed by atoms with van der Waals surface area (Å²) in [6.07, 6.45) is 5.37. The third-order valence-corrected chi connectivity index (χ3v) is 11.7. The maximum absolute atomic E-state index is 14.7. The number of ketones is 4. The average molecular weight is 593 g/mol. The number of hydrogen-bond acceptors (Lipinski definition) is 8. The Kier molecular flexibility index (Phi) is 7.56. The molecule has 8 nitrogen and oxygen atoms in total. The molecule has 1 aromatic rings. The molecule has 0 radical (unpaired) electrons. The van der Waals surface area contributed by atoms with Gasteiger partial charge in [-0.15, -0.1) is 0 Å². The first-order valence-electron chi connectivity index (χ1n) is 15.6. The summed E-state index contributed by atoms with van der Waals surface area (Å²) >= 11 is 0. The van der Waals surface area contributed by atoms with Crippen molar-refractivity contribution in [2.45, 2.75) is 98.0 Å². The van der Waals surface area contributed by atoms with Crippen molar-refractivity contribution in [3.63, 3.8) is 0 Å². The molecule has 2 saturated carbocycles. The van der Waals surface area contributed by atoms with E-state index in [-0.39, 0.29) is 29.1 Å². The first-order chi connectivity index (χ1) is 20.1. The van der Waals surface area contributed by atoms with E-state index >= 15 is 0 Å². The Hall–Kier alpha value is -3.26. The number of hydrogen-bond donors (Lipinski definition) is 4. The molecule has 0 amide bonds. The number of benzene rings is 1. The summed E-state index contributed by atoms with van der Waals surface area (Å²) in [5.41, 5.74) is -6.01. The van der Waals surface area contributed by atoms with Crippen LogP contribution in [0.1, 0.15) is 104 Å². The number of phenolic OH excluding ortho intramolecular Hbond substituents is 1. The Morgan fingerprint density at radius 1 is 1.05 bits per heavy atom. The van der Waals surface area contributed by atoms with Crippen LogP contribution in [-0.4, -0.2) is 49.2 Å². The van der Waals surface area contributed by atoms with Gasteiger partial charge in [-0.3, -0.25) is 19.2 Å². The number of aromatic hydroxyl groups is 1. The molecule has 0 aromatic heterocycles. The molecule has 5 rings (SSSR count). The molecule has 4 aliphatic carbocycles. The summed E-state index contributed by atoms with van der Waals surface area (Å²) in [5.74, 6) is -6.93. The van der Waals surface area contributed by atoms with Gasteiger partial charge in [0.05, 0.1) is 5.56 Å². The molecule has 4 aliphatic rings. The number of aliphatic hydroxyl groups excluding tert-OH is 2. The molecule has 0 saturated heterocycles. The van der Waals surface area contributed by atoms with Gasteiger partial charge in [-0.05, 0) is 48.6 Å². The van der Waals surface area contributed by atoms with Gasteiger partial charge in [-0.2, -0.15) is 0 Å². The van der Waals surface area contributed by atoms with Crippen molar-refractivity contribution in [2.75, 3.05) is 0 Å². The molecule has 2 fully saturated rings. The number of rotatable bonds is 7. The van der Waals surface area contributed by atoms with Crippen molar-refractivity contribution in [3.05, 3.63) is 46.2 Å². The van der Waals surface area contributed by atoms with Crippen molar-refractivity contribution in [2.24, 2.45) is 34.5 Å². The zero-order valence-electron chi connectivity index (χ0n) is 26.0. The molecular weight excluding hydrogens is 548 g/mol. The third-order valence-electron chi connectivity index (χ3n) is 11.7. The van der Waals surface area contributed by atoms with Crippen molar-refractivity contribution >= 4 is 28.9 Å². The van der Waals surface area contributed by atoms with Gasteiger partial charge < -0.3 is 20.4 Å². The lowest BCUT2D eigenvalue weighted by Crippen LogP contribution is -2.73. The Labute approximate surface area is 252 Å². The zero-order valence-corrected chi connectivity index (χ0v) is 26.0. The molecule has 8 heteroatoms. The number of carbonyl (C=O) groups excluding carboxylic acids is 4. The molecule has 4 N–H and O–H groups in total. The molecular formula is C35H44O8. The number of allylic oxidation sites excluding steroid dienone is 1. The van der Waals surface area contributed by atoms with Gasteiger partial charge in [-0.1, -0.05) is 72.4 Å². The lowest BCUT2D eigenvalue weighted by Gasteiger charge is -2.65. The van der Waals surface area contributed by atoms with Gasteiger partial charge in [-0.25, -0.2) is 0 Å². The van der Waals surface area contributed by atoms with Gasteiger partial charge >= 0.3 is 0 Å². The normalized spacial score (nSPS) is 34.4. The summed E-state index contributed by atoms with van der Waals surface area (Å²) in [5, 5.41) is 46.7. The van der Waals surface area contributed by atoms with Gasteiger partial charge in [0.15, 0.2) is 17.2 Å². The zero-order chi connectivity index (χ0) is 31.8. The maximum atomic E-state index is 14.7. The van der Waals surface area contributed by atoms with E-state index in [9.17, 15) is 39.6 Å². The van der Waals surface area contributed by atoms with Crippen molar-refractivity contribution in [1.82, 2.24) is 0 Å². The van der Waals surface area contributed by atoms with E-state index in [1.807, 2.05) is 6.92 Å². The molecule has 0 heterocycles. The van der Waals surface area contributed by atoms with Crippen LogP contribution in [-0.2, 0) is 19.2 Å². The fourth-order valence-corrected chi connectivity index (χ4v) is 9.51. The predicted octanol–water partition coefficient (Wildman–Crippen LogP) is 5.91. The van der Waals surface area contributed by atoms with Gasteiger partial charge in [0.2, 0.25) is 5.78 Å². The summed E-state index contributed by atoms with van der Waals surface area (Å²) < 4.78 is 0. The molecule has 0 spiro atoms. The fraction of sp³-hybridized carbons (Fsp3) is 0.600. The quantitative estimate of drug-likeness (QED) is 0.286. The largest absolute Gasteiger partial charge is 0.508 e. The molecule has 1 unspecified atom stereocenters. The monoisotopic (exact) mass is 592 g/mol. The first-order valence-corrected chi connectivity index (χ1v) is 15.6. The van der Waals surface area contributed by atoms with E-state index in [0.717, 1.165) is 39.0 Å². The lowest BCUT2D eigenvalue weighted by atomic mass is 9.37. The second-order valence-corrected chi connectivity index (χ2v) is 14.1. The molecule has 6 atom stereocenters. The summed E-state index contributed by atoms with van der Waals surface area (Å²) in [7, 11) is 0. The predicted molar refractivity (Wildman–Crippen MR) is 160 cm³/mol. The highest BCUT2D eigenvalue weighted by atomic mass is 16.3. The second kappa shape index (κ2) is 10.4. The minimum Gasteiger partial charge on any atom is -0.508 e. The SMILES string of the molecule is CC(=O)C1=C(O)[C@]2(O)C(=O)C3=C(O)c4c(O)cccc4[C@@H](C)[C@]3(C)[C@@H](CC(=O)CCC3CCCC3)[C@]2(C)C(C(C)C)C1=O. The van der Waals surface area contributed by atoms with Crippen molar-refractivity contribution in [1.29, 1.82) is 0 Å². The van der Waals surface area contributed by atoms with Gasteiger partial charge in [0.25, 0.3) is 0 Å². The van der Waals surface area contributed by atoms with Gasteiger partial charge in [0, 0.05) is 35.2 Å². The van der Waals surface area contributed by atoms with Crippen LogP contribution in [0.25, 0.3) is 5.76 Å². The maximum Gasteiger partial charge on any atom is 0.203 e. The molecule has 0 bridgehead atoms. The third kappa shape index (κ3) is 4.04. The minimum atomic E-state index is -2.78. The highest BCUT2D eigenvalue weighted by molar-refractivity contribution is 6.24. The Bertz CT molecular complexity index is 1480. The van der Waals surface area contributed by atoms with Crippen LogP contribution >= 0.6 is 0 Å². The van der Waals surface area contributed by atoms with Crippen LogP contribution in [0.5, 0.6) is 5.75 Å². The summed E-state index contributed by atoms with van der Waals surface area (Å²) in [4.78, 5) is 55.4. The van der Waals surface area contributed by atoms with E-state index in [0.29, 0.717) is 17.9 Å². The standard InChI is InChI=1S/C35H44O8/c1-17(2)27-29(39)25(19(4)36)31(41)35(43)32(42)28-30(40)26-22(12-9-13-23(26)38)18(3)33(28,5)24(34(27,35)6)16-21(37)15-14-20-10-7-8-11-20/h9,12-13,17-18,20,24,27,38,40-41,43H,7-8,10-11,14-16H2,1-6H3/t18-,24-,27?,33-,34-,35+/m1/s1. The van der Waals surface area contributed by atoms with Crippen LogP contribution < -0.4 is 0 Å². The number of phenols is 1. The molecule has 232 valence electrons. The number of fused-ring (bicyclic) bond motifs is 3. The van der Waals surface area contributed by atoms with Crippen LogP contribution in [0.15, 0.2) is 35.1 Å². The van der Waals surface area contributed by atoms with Crippen LogP contribution in [0, 0.1) is 34.5 Å². The second-order valence-electron chi connectivity index (χ2n) is 14.1. The van der Waals surface area contributed by atoms with Crippen molar-refractivity contribution in [3.8, 4) is 5.75 Å². The minimum absolute atomic E-state index is 0.0527. The fourth-order valence-electron chi connectivity index (χ4n) is 9.51. The highest BCUT2D eigenvalue weighted by Crippen LogP contribution is 2.71. The highest BCUT2D eigenvalue weighted by Gasteiger charge is 2.76. The Morgan fingerprint density at radius 3 is 2.26 bits per heavy atom. The van der Waals surface area contributed by atoms with Crippen LogP contribution in [0.3, 0.4) is 0 Å². The Morgan fingerprint density at radius 2 is 1.67 bits per heavy atom. The topological polar surface area (TPSA) is 149 Å². The number of aliphatic hydroxyl groups is 3. The first kappa shape index (κ1) is 31.2. The molecule has 43 heavy (non-hydrogen) atoms. The lowest BCUT2D eigenvalue weighted by molar-refractivity contribution is -0.199. The molecule has 1 aromatic carbocycles. The number of Topliss-reactive ketones (excluding diaryl/α,β-unsaturated/α-hetero) is 4. The smallest absolute Gasteiger partial charge is 0.203 e. The van der Waals surface area contributed by atoms with Crippen LogP contribution in [0.4, 0.5) is 0 Å². The van der Waals surface area contributed by atoms with E-state index in [1.165, 1.54) is 6.07 Å².